The first-order chi connectivity index (χ1) is 8.92. The molecule has 0 fully saturated rings. The number of aromatic carboxylic acids is 1. The molecule has 1 atom stereocenters. The lowest BCUT2D eigenvalue weighted by molar-refractivity contribution is 0.0698. The Balaban J connectivity index is 3.18. The lowest BCUT2D eigenvalue weighted by Crippen LogP contribution is -2.34. The van der Waals surface area contributed by atoms with Gasteiger partial charge in [0.25, 0.3) is 0 Å². The molecule has 0 saturated carbocycles. The van der Waals surface area contributed by atoms with Crippen LogP contribution >= 0.6 is 11.8 Å². The molecule has 0 radical (unpaired) electrons. The van der Waals surface area contributed by atoms with Gasteiger partial charge in [0.05, 0.1) is 11.3 Å². The maximum absolute atomic E-state index is 14.0. The summed E-state index contributed by atoms with van der Waals surface area (Å²) in [7, 11) is 1.77. The van der Waals surface area contributed by atoms with Gasteiger partial charge in [-0.2, -0.15) is 11.8 Å². The molecule has 0 aliphatic heterocycles. The Hall–Kier alpha value is -1.43. The number of carboxylic acids is 1. The third-order valence-corrected chi connectivity index (χ3v) is 3.83. The number of nitrogens with two attached hydrogens (primary N) is 1. The van der Waals surface area contributed by atoms with Gasteiger partial charge in [-0.15, -0.1) is 0 Å². The van der Waals surface area contributed by atoms with Gasteiger partial charge in [0.2, 0.25) is 0 Å². The highest BCUT2D eigenvalue weighted by molar-refractivity contribution is 7.98. The maximum atomic E-state index is 14.0. The molecule has 0 saturated heterocycles. The molecule has 3 N–H and O–H groups in total. The highest BCUT2D eigenvalue weighted by Gasteiger charge is 2.20. The minimum atomic E-state index is -1.15. The molecule has 0 heterocycles. The van der Waals surface area contributed by atoms with E-state index in [1.54, 1.807) is 23.7 Å². The number of halogens is 1. The van der Waals surface area contributed by atoms with Crippen LogP contribution < -0.4 is 10.6 Å². The van der Waals surface area contributed by atoms with E-state index >= 15 is 0 Å². The first-order valence-electron chi connectivity index (χ1n) is 5.96. The Labute approximate surface area is 116 Å². The Kier molecular flexibility index (Phi) is 5.47. The summed E-state index contributed by atoms with van der Waals surface area (Å²) in [5.74, 6) is -0.797. The average Bonchev–Trinajstić information content (AvgIpc) is 2.34. The lowest BCUT2D eigenvalue weighted by atomic mass is 10.1. The Morgan fingerprint density at radius 2 is 2.21 bits per heavy atom. The molecule has 0 aliphatic rings. The molecule has 0 bridgehead atoms. The largest absolute Gasteiger partial charge is 0.478 e. The van der Waals surface area contributed by atoms with Crippen molar-refractivity contribution in [2.45, 2.75) is 19.4 Å². The monoisotopic (exact) mass is 286 g/mol. The SMILES string of the molecule is CCC(CSC)N(C)c1cc(C(=O)O)c(N)cc1F. The number of rotatable bonds is 6. The zero-order valence-corrected chi connectivity index (χ0v) is 12.1. The molecule has 0 spiro atoms. The fourth-order valence-electron chi connectivity index (χ4n) is 1.93. The van der Waals surface area contributed by atoms with Crippen LogP contribution in [0.2, 0.25) is 0 Å². The summed E-state index contributed by atoms with van der Waals surface area (Å²) in [6.07, 6.45) is 2.84. The van der Waals surface area contributed by atoms with Crippen molar-refractivity contribution in [1.82, 2.24) is 0 Å². The Morgan fingerprint density at radius 1 is 1.58 bits per heavy atom. The Bertz CT molecular complexity index is 468. The number of nitrogens with zero attached hydrogens (tertiary/aromatic N) is 1. The van der Waals surface area contributed by atoms with E-state index in [4.69, 9.17) is 10.8 Å². The normalized spacial score (nSPS) is 12.2. The van der Waals surface area contributed by atoms with Gasteiger partial charge in [-0.25, -0.2) is 9.18 Å². The third kappa shape index (κ3) is 3.53. The molecular formula is C13H19FN2O2S. The summed E-state index contributed by atoms with van der Waals surface area (Å²) in [6.45, 7) is 2.02. The predicted molar refractivity (Wildman–Crippen MR) is 78.6 cm³/mol. The molecular weight excluding hydrogens is 267 g/mol. The smallest absolute Gasteiger partial charge is 0.337 e. The van der Waals surface area contributed by atoms with Gasteiger partial charge in [-0.3, -0.25) is 0 Å². The lowest BCUT2D eigenvalue weighted by Gasteiger charge is -2.29. The molecule has 4 nitrogen and oxygen atoms in total. The number of benzene rings is 1. The van der Waals surface area contributed by atoms with E-state index in [0.717, 1.165) is 18.2 Å². The van der Waals surface area contributed by atoms with Crippen LogP contribution in [0.5, 0.6) is 0 Å². The van der Waals surface area contributed by atoms with E-state index in [9.17, 15) is 9.18 Å². The summed E-state index contributed by atoms with van der Waals surface area (Å²) in [4.78, 5) is 12.8. The second kappa shape index (κ2) is 6.65. The van der Waals surface area contributed by atoms with Crippen molar-refractivity contribution in [3.05, 3.63) is 23.5 Å². The maximum Gasteiger partial charge on any atom is 0.337 e. The molecule has 1 aromatic rings. The average molecular weight is 286 g/mol. The number of carboxylic acid groups (broad SMARTS) is 1. The highest BCUT2D eigenvalue weighted by atomic mass is 32.2. The summed E-state index contributed by atoms with van der Waals surface area (Å²) < 4.78 is 14.0. The summed E-state index contributed by atoms with van der Waals surface area (Å²) in [5.41, 5.74) is 5.66. The van der Waals surface area contributed by atoms with Crippen molar-refractivity contribution in [3.8, 4) is 0 Å². The molecule has 0 aromatic heterocycles. The van der Waals surface area contributed by atoms with Crippen LogP contribution in [0.1, 0.15) is 23.7 Å². The Morgan fingerprint density at radius 3 is 2.68 bits per heavy atom. The second-order valence-corrected chi connectivity index (χ2v) is 5.24. The van der Waals surface area contributed by atoms with Gasteiger partial charge in [0.1, 0.15) is 5.82 Å². The summed E-state index contributed by atoms with van der Waals surface area (Å²) in [6, 6.07) is 2.52. The quantitative estimate of drug-likeness (QED) is 0.787. The number of thioether (sulfide) groups is 1. The number of hydrogen-bond donors (Lipinski definition) is 2. The molecule has 19 heavy (non-hydrogen) atoms. The van der Waals surface area contributed by atoms with Crippen LogP contribution in [0.3, 0.4) is 0 Å². The van der Waals surface area contributed by atoms with Gasteiger partial charge in [0, 0.05) is 24.5 Å². The van der Waals surface area contributed by atoms with Crippen molar-refractivity contribution in [2.75, 3.05) is 29.7 Å². The van der Waals surface area contributed by atoms with E-state index < -0.39 is 11.8 Å². The molecule has 0 aliphatic carbocycles. The number of nitrogen functional groups attached to an aromatic ring is 1. The van der Waals surface area contributed by atoms with Crippen LogP contribution in [0.4, 0.5) is 15.8 Å². The summed E-state index contributed by atoms with van der Waals surface area (Å²) >= 11 is 1.67. The standard InChI is InChI=1S/C13H19FN2O2S/c1-4-8(7-19-3)16(2)12-5-9(13(17)18)11(15)6-10(12)14/h5-6,8H,4,7,15H2,1-3H3,(H,17,18). The fourth-order valence-corrected chi connectivity index (χ4v) is 2.77. The number of anilines is 2. The zero-order valence-electron chi connectivity index (χ0n) is 11.3. The second-order valence-electron chi connectivity index (χ2n) is 4.32. The van der Waals surface area contributed by atoms with Crippen LogP contribution in [0.25, 0.3) is 0 Å². The van der Waals surface area contributed by atoms with Crippen LogP contribution in [-0.2, 0) is 0 Å². The van der Waals surface area contributed by atoms with E-state index in [0.29, 0.717) is 0 Å². The number of carbonyl (C=O) groups is 1. The van der Waals surface area contributed by atoms with Gasteiger partial charge in [0.15, 0.2) is 0 Å². The number of hydrogen-bond acceptors (Lipinski definition) is 4. The minimum Gasteiger partial charge on any atom is -0.478 e. The third-order valence-electron chi connectivity index (χ3n) is 3.11. The molecule has 1 aromatic carbocycles. The van der Waals surface area contributed by atoms with Crippen molar-refractivity contribution < 1.29 is 14.3 Å². The van der Waals surface area contributed by atoms with Crippen LogP contribution in [-0.4, -0.2) is 36.2 Å². The molecule has 6 heteroatoms. The zero-order chi connectivity index (χ0) is 14.6. The molecule has 0 amide bonds. The first-order valence-corrected chi connectivity index (χ1v) is 7.35. The van der Waals surface area contributed by atoms with Gasteiger partial charge in [-0.1, -0.05) is 6.92 Å². The van der Waals surface area contributed by atoms with E-state index in [-0.39, 0.29) is 23.0 Å². The van der Waals surface area contributed by atoms with Gasteiger partial charge >= 0.3 is 5.97 Å². The molecule has 1 rings (SSSR count). The van der Waals surface area contributed by atoms with Crippen molar-refractivity contribution in [1.29, 1.82) is 0 Å². The topological polar surface area (TPSA) is 66.6 Å². The van der Waals surface area contributed by atoms with Crippen molar-refractivity contribution in [3.63, 3.8) is 0 Å². The van der Waals surface area contributed by atoms with E-state index in [1.807, 2.05) is 13.2 Å². The van der Waals surface area contributed by atoms with Crippen LogP contribution in [0.15, 0.2) is 12.1 Å². The van der Waals surface area contributed by atoms with E-state index in [1.165, 1.54) is 6.07 Å². The van der Waals surface area contributed by atoms with Crippen molar-refractivity contribution >= 4 is 29.1 Å². The van der Waals surface area contributed by atoms with Crippen LogP contribution in [0, 0.1) is 5.82 Å². The van der Waals surface area contributed by atoms with E-state index in [2.05, 4.69) is 0 Å². The summed E-state index contributed by atoms with van der Waals surface area (Å²) in [5, 5.41) is 9.04. The fraction of sp³-hybridized carbons (Fsp3) is 0.462. The highest BCUT2D eigenvalue weighted by Crippen LogP contribution is 2.27. The predicted octanol–water partition coefficient (Wildman–Crippen LogP) is 2.68. The molecule has 106 valence electrons. The van der Waals surface area contributed by atoms with Gasteiger partial charge in [-0.05, 0) is 24.8 Å². The first kappa shape index (κ1) is 15.6. The van der Waals surface area contributed by atoms with Crippen molar-refractivity contribution in [2.24, 2.45) is 0 Å². The van der Waals surface area contributed by atoms with Gasteiger partial charge < -0.3 is 15.7 Å². The molecule has 1 unspecified atom stereocenters. The minimum absolute atomic E-state index is 0.0555.